The molecule has 1 aromatic heterocycles. The third-order valence-corrected chi connectivity index (χ3v) is 5.90. The van der Waals surface area contributed by atoms with E-state index < -0.39 is 0 Å². The molecule has 3 rings (SSSR count). The summed E-state index contributed by atoms with van der Waals surface area (Å²) < 4.78 is 5.72. The van der Waals surface area contributed by atoms with Crippen molar-refractivity contribution in [3.63, 3.8) is 0 Å². The molecule has 3 aromatic rings. The zero-order valence-electron chi connectivity index (χ0n) is 19.2. The van der Waals surface area contributed by atoms with Crippen molar-refractivity contribution in [2.24, 2.45) is 0 Å². The summed E-state index contributed by atoms with van der Waals surface area (Å²) in [7, 11) is 0. The number of ketones is 1. The Labute approximate surface area is 188 Å². The Bertz CT molecular complexity index is 1050. The van der Waals surface area contributed by atoms with E-state index in [2.05, 4.69) is 10.2 Å². The summed E-state index contributed by atoms with van der Waals surface area (Å²) in [5, 5.41) is 19.4. The van der Waals surface area contributed by atoms with E-state index in [9.17, 15) is 9.90 Å². The fourth-order valence-corrected chi connectivity index (χ4v) is 3.89. The summed E-state index contributed by atoms with van der Waals surface area (Å²) in [5.74, 6) is 0.831. The summed E-state index contributed by atoms with van der Waals surface area (Å²) in [6.07, 6.45) is 0. The average Bonchev–Trinajstić information content (AvgIpc) is 3.14. The molecule has 5 nitrogen and oxygen atoms in total. The third-order valence-electron chi connectivity index (χ3n) is 5.08. The number of carbonyl (C=O) groups is 1. The van der Waals surface area contributed by atoms with E-state index in [1.807, 2.05) is 72.7 Å². The zero-order valence-corrected chi connectivity index (χ0v) is 20.1. The largest absolute Gasteiger partial charge is 0.507 e. The molecule has 0 saturated heterocycles. The number of phenols is 1. The summed E-state index contributed by atoms with van der Waals surface area (Å²) in [6, 6.07) is 11.4. The van der Waals surface area contributed by atoms with Crippen molar-refractivity contribution in [3.8, 4) is 17.2 Å². The molecule has 0 radical (unpaired) electrons. The monoisotopic (exact) mass is 438 g/mol. The summed E-state index contributed by atoms with van der Waals surface area (Å²) in [6.45, 7) is 14.2. The first kappa shape index (κ1) is 23.1. The van der Waals surface area contributed by atoms with Crippen molar-refractivity contribution in [1.29, 1.82) is 0 Å². The number of hydrogen-bond acceptors (Lipinski definition) is 6. The Hall–Kier alpha value is -2.60. The summed E-state index contributed by atoms with van der Waals surface area (Å²) in [5.41, 5.74) is 3.55. The normalized spacial score (nSPS) is 12.2. The maximum Gasteiger partial charge on any atom is 0.277 e. The second kappa shape index (κ2) is 8.50. The first-order valence-electron chi connectivity index (χ1n) is 10.3. The maximum atomic E-state index is 13.0. The van der Waals surface area contributed by atoms with Gasteiger partial charge in [0.25, 0.3) is 5.22 Å². The zero-order chi connectivity index (χ0) is 23.0. The molecule has 0 aliphatic heterocycles. The van der Waals surface area contributed by atoms with Gasteiger partial charge in [0.15, 0.2) is 5.78 Å². The molecular weight excluding hydrogens is 408 g/mol. The van der Waals surface area contributed by atoms with Gasteiger partial charge in [-0.2, -0.15) is 0 Å². The van der Waals surface area contributed by atoms with Crippen LogP contribution in [0.25, 0.3) is 11.5 Å². The lowest BCUT2D eigenvalue weighted by atomic mass is 9.78. The Morgan fingerprint density at radius 3 is 2.03 bits per heavy atom. The fraction of sp³-hybridized carbons (Fsp3) is 0.400. The highest BCUT2D eigenvalue weighted by atomic mass is 32.2. The van der Waals surface area contributed by atoms with Crippen LogP contribution in [0.1, 0.15) is 68.6 Å². The van der Waals surface area contributed by atoms with Gasteiger partial charge in [0, 0.05) is 22.3 Å². The van der Waals surface area contributed by atoms with Gasteiger partial charge in [0.05, 0.1) is 5.75 Å². The molecule has 0 atom stereocenters. The quantitative estimate of drug-likeness (QED) is 0.371. The molecule has 0 aliphatic carbocycles. The fourth-order valence-electron chi connectivity index (χ4n) is 3.23. The Balaban J connectivity index is 1.81. The van der Waals surface area contributed by atoms with Gasteiger partial charge in [0.1, 0.15) is 5.75 Å². The number of phenolic OH excluding ortho intramolecular Hbond substituents is 1. The second-order valence-corrected chi connectivity index (χ2v) is 10.8. The summed E-state index contributed by atoms with van der Waals surface area (Å²) in [4.78, 5) is 13.0. The molecule has 0 fully saturated rings. The molecule has 0 amide bonds. The molecule has 0 spiro atoms. The number of nitrogens with zero attached hydrogens (tertiary/aromatic N) is 2. The Kier molecular flexibility index (Phi) is 6.33. The number of aryl methyl sites for hydroxylation is 1. The molecule has 31 heavy (non-hydrogen) atoms. The van der Waals surface area contributed by atoms with Crippen molar-refractivity contribution in [2.45, 2.75) is 64.5 Å². The molecule has 6 heteroatoms. The highest BCUT2D eigenvalue weighted by Crippen LogP contribution is 2.40. The second-order valence-electron chi connectivity index (χ2n) is 9.87. The van der Waals surface area contributed by atoms with Crippen LogP contribution in [-0.2, 0) is 10.8 Å². The van der Waals surface area contributed by atoms with E-state index >= 15 is 0 Å². The number of thioether (sulfide) groups is 1. The molecular formula is C25H30N2O3S. The predicted octanol–water partition coefficient (Wildman–Crippen LogP) is 6.32. The lowest BCUT2D eigenvalue weighted by molar-refractivity contribution is 0.102. The Morgan fingerprint density at radius 2 is 1.52 bits per heavy atom. The number of aromatic nitrogens is 2. The van der Waals surface area contributed by atoms with E-state index in [-0.39, 0.29) is 28.1 Å². The van der Waals surface area contributed by atoms with Gasteiger partial charge in [-0.05, 0) is 42.0 Å². The lowest BCUT2D eigenvalue weighted by Crippen LogP contribution is -2.19. The topological polar surface area (TPSA) is 76.2 Å². The van der Waals surface area contributed by atoms with E-state index in [1.165, 1.54) is 11.8 Å². The van der Waals surface area contributed by atoms with Crippen molar-refractivity contribution >= 4 is 17.5 Å². The van der Waals surface area contributed by atoms with Gasteiger partial charge >= 0.3 is 0 Å². The molecule has 1 N–H and O–H groups in total. The minimum Gasteiger partial charge on any atom is -0.507 e. The first-order chi connectivity index (χ1) is 14.4. The molecule has 0 bridgehead atoms. The standard InChI is InChI=1S/C25H30N2O3S/c1-15-8-10-16(11-9-15)22-26-27-23(30-22)31-14-20(28)17-12-18(24(2,3)4)21(29)19(13-17)25(5,6)7/h8-13,29H,14H2,1-7H3. The number of hydrogen-bond donors (Lipinski definition) is 1. The number of Topliss-reactive ketones (excluding diaryl/α,β-unsaturated/α-hetero) is 1. The molecule has 0 aliphatic rings. The van der Waals surface area contributed by atoms with Crippen molar-refractivity contribution < 1.29 is 14.3 Å². The number of aromatic hydroxyl groups is 1. The van der Waals surface area contributed by atoms with Crippen molar-refractivity contribution in [1.82, 2.24) is 10.2 Å². The number of benzene rings is 2. The van der Waals surface area contributed by atoms with Crippen LogP contribution in [-0.4, -0.2) is 26.8 Å². The molecule has 0 saturated carbocycles. The minimum absolute atomic E-state index is 0.0453. The van der Waals surface area contributed by atoms with Crippen LogP contribution in [0.5, 0.6) is 5.75 Å². The van der Waals surface area contributed by atoms with E-state index in [4.69, 9.17) is 4.42 Å². The number of carbonyl (C=O) groups excluding carboxylic acids is 1. The van der Waals surface area contributed by atoms with E-state index in [0.717, 1.165) is 22.3 Å². The Morgan fingerprint density at radius 1 is 0.968 bits per heavy atom. The number of rotatable bonds is 5. The highest BCUT2D eigenvalue weighted by molar-refractivity contribution is 7.99. The van der Waals surface area contributed by atoms with Gasteiger partial charge in [-0.3, -0.25) is 4.79 Å². The predicted molar refractivity (Wildman–Crippen MR) is 125 cm³/mol. The van der Waals surface area contributed by atoms with Crippen LogP contribution < -0.4 is 0 Å². The van der Waals surface area contributed by atoms with Crippen LogP contribution in [0.2, 0.25) is 0 Å². The van der Waals surface area contributed by atoms with Crippen LogP contribution in [0, 0.1) is 6.92 Å². The van der Waals surface area contributed by atoms with Crippen molar-refractivity contribution in [3.05, 3.63) is 58.7 Å². The lowest BCUT2D eigenvalue weighted by Gasteiger charge is -2.28. The van der Waals surface area contributed by atoms with Gasteiger partial charge in [-0.1, -0.05) is 71.0 Å². The van der Waals surface area contributed by atoms with Gasteiger partial charge < -0.3 is 9.52 Å². The van der Waals surface area contributed by atoms with Gasteiger partial charge in [0.2, 0.25) is 5.89 Å². The van der Waals surface area contributed by atoms with E-state index in [1.54, 1.807) is 12.1 Å². The van der Waals surface area contributed by atoms with Crippen LogP contribution in [0.15, 0.2) is 46.0 Å². The minimum atomic E-state index is -0.289. The smallest absolute Gasteiger partial charge is 0.277 e. The maximum absolute atomic E-state index is 13.0. The molecule has 2 aromatic carbocycles. The highest BCUT2D eigenvalue weighted by Gasteiger charge is 2.28. The SMILES string of the molecule is Cc1ccc(-c2nnc(SCC(=O)c3cc(C(C)(C)C)c(O)c(C(C)(C)C)c3)o2)cc1. The molecule has 0 unspecified atom stereocenters. The van der Waals surface area contributed by atoms with Crippen LogP contribution >= 0.6 is 11.8 Å². The van der Waals surface area contributed by atoms with E-state index in [0.29, 0.717) is 16.7 Å². The van der Waals surface area contributed by atoms with Crippen molar-refractivity contribution in [2.75, 3.05) is 5.75 Å². The molecule has 164 valence electrons. The summed E-state index contributed by atoms with van der Waals surface area (Å²) >= 11 is 1.22. The van der Waals surface area contributed by atoms with Gasteiger partial charge in [-0.15, -0.1) is 10.2 Å². The average molecular weight is 439 g/mol. The van der Waals surface area contributed by atoms with Crippen LogP contribution in [0.4, 0.5) is 0 Å². The van der Waals surface area contributed by atoms with Crippen LogP contribution in [0.3, 0.4) is 0 Å². The molecule has 1 heterocycles. The van der Waals surface area contributed by atoms with Gasteiger partial charge in [-0.25, -0.2) is 0 Å². The third kappa shape index (κ3) is 5.37. The first-order valence-corrected chi connectivity index (χ1v) is 11.3.